The van der Waals surface area contributed by atoms with Gasteiger partial charge in [-0.1, -0.05) is 30.3 Å². The highest BCUT2D eigenvalue weighted by atomic mass is 16.5. The van der Waals surface area contributed by atoms with Crippen molar-refractivity contribution in [2.75, 3.05) is 25.1 Å². The van der Waals surface area contributed by atoms with E-state index < -0.39 is 0 Å². The highest BCUT2D eigenvalue weighted by Crippen LogP contribution is 2.30. The highest BCUT2D eigenvalue weighted by molar-refractivity contribution is 5.79. The van der Waals surface area contributed by atoms with Crippen LogP contribution in [-0.4, -0.2) is 41.9 Å². The monoisotopic (exact) mass is 418 g/mol. The molecule has 162 valence electrons. The molecule has 3 aromatic rings. The number of amides is 1. The van der Waals surface area contributed by atoms with E-state index in [4.69, 9.17) is 4.74 Å². The van der Waals surface area contributed by atoms with E-state index in [0.29, 0.717) is 6.42 Å². The molecule has 6 nitrogen and oxygen atoms in total. The first-order chi connectivity index (χ1) is 15.1. The molecule has 1 unspecified atom stereocenters. The largest absolute Gasteiger partial charge is 0.495 e. The Hall–Kier alpha value is -3.28. The number of hydrogen-bond acceptors (Lipinski definition) is 4. The van der Waals surface area contributed by atoms with Gasteiger partial charge in [-0.3, -0.25) is 4.79 Å². The molecule has 0 aliphatic carbocycles. The predicted molar refractivity (Wildman–Crippen MR) is 123 cm³/mol. The van der Waals surface area contributed by atoms with Gasteiger partial charge in [-0.2, -0.15) is 5.10 Å². The Morgan fingerprint density at radius 2 is 1.87 bits per heavy atom. The van der Waals surface area contributed by atoms with Crippen LogP contribution in [0.4, 0.5) is 5.69 Å². The fourth-order valence-corrected chi connectivity index (χ4v) is 4.40. The Morgan fingerprint density at radius 1 is 1.13 bits per heavy atom. The molecule has 0 bridgehead atoms. The topological polar surface area (TPSA) is 59.4 Å². The van der Waals surface area contributed by atoms with Gasteiger partial charge in [0, 0.05) is 30.4 Å². The highest BCUT2D eigenvalue weighted by Gasteiger charge is 2.24. The van der Waals surface area contributed by atoms with E-state index >= 15 is 0 Å². The second kappa shape index (κ2) is 9.25. The molecule has 1 aliphatic rings. The van der Waals surface area contributed by atoms with Crippen molar-refractivity contribution in [1.82, 2.24) is 15.1 Å². The third-order valence-corrected chi connectivity index (χ3v) is 5.99. The second-order valence-corrected chi connectivity index (χ2v) is 8.10. The number of rotatable bonds is 6. The minimum absolute atomic E-state index is 0.0469. The zero-order valence-corrected chi connectivity index (χ0v) is 18.5. The summed E-state index contributed by atoms with van der Waals surface area (Å²) in [5, 5.41) is 7.92. The smallest absolute Gasteiger partial charge is 0.224 e. The number of ether oxygens (including phenoxy) is 1. The molecule has 1 N–H and O–H groups in total. The summed E-state index contributed by atoms with van der Waals surface area (Å²) in [6.45, 7) is 5.75. The number of carbonyl (C=O) groups excluding carboxylic acids is 1. The van der Waals surface area contributed by atoms with Gasteiger partial charge in [-0.15, -0.1) is 0 Å². The van der Waals surface area contributed by atoms with Gasteiger partial charge in [0.25, 0.3) is 0 Å². The molecular weight excluding hydrogens is 388 g/mol. The first kappa shape index (κ1) is 21.0. The fraction of sp³-hybridized carbons (Fsp3) is 0.360. The van der Waals surface area contributed by atoms with Crippen molar-refractivity contribution in [2.24, 2.45) is 0 Å². The van der Waals surface area contributed by atoms with E-state index in [9.17, 15) is 4.79 Å². The van der Waals surface area contributed by atoms with E-state index in [-0.39, 0.29) is 11.9 Å². The lowest BCUT2D eigenvalue weighted by atomic mass is 10.0. The zero-order valence-electron chi connectivity index (χ0n) is 18.5. The summed E-state index contributed by atoms with van der Waals surface area (Å²) < 4.78 is 7.44. The molecule has 1 saturated heterocycles. The van der Waals surface area contributed by atoms with Gasteiger partial charge < -0.3 is 15.0 Å². The first-order valence-corrected chi connectivity index (χ1v) is 10.8. The van der Waals surface area contributed by atoms with E-state index in [2.05, 4.69) is 21.4 Å². The lowest BCUT2D eigenvalue weighted by Crippen LogP contribution is -2.48. The quantitative estimate of drug-likeness (QED) is 0.661. The van der Waals surface area contributed by atoms with Gasteiger partial charge >= 0.3 is 0 Å². The number of hydrogen-bond donors (Lipinski definition) is 1. The average Bonchev–Trinajstić information content (AvgIpc) is 3.08. The maximum absolute atomic E-state index is 12.9. The van der Waals surface area contributed by atoms with Gasteiger partial charge in [0.15, 0.2) is 0 Å². The van der Waals surface area contributed by atoms with Gasteiger partial charge in [0.1, 0.15) is 5.75 Å². The summed E-state index contributed by atoms with van der Waals surface area (Å²) in [7, 11) is 1.70. The standard InChI is InChI=1S/C25H30N4O2/c1-18-22(19(2)29(27-18)21-11-5-4-6-12-21)16-25(30)26-20-10-9-15-28(17-20)23-13-7-8-14-24(23)31-3/h4-8,11-14,20H,9-10,15-17H2,1-3H3,(H,26,30). The molecule has 1 atom stereocenters. The molecule has 2 heterocycles. The van der Waals surface area contributed by atoms with Crippen LogP contribution >= 0.6 is 0 Å². The summed E-state index contributed by atoms with van der Waals surface area (Å²) in [5.41, 5.74) is 5.00. The number of aryl methyl sites for hydroxylation is 1. The third kappa shape index (κ3) is 4.58. The van der Waals surface area contributed by atoms with Gasteiger partial charge in [-0.25, -0.2) is 4.68 Å². The van der Waals surface area contributed by atoms with Crippen LogP contribution in [0.1, 0.15) is 29.8 Å². The number of benzene rings is 2. The lowest BCUT2D eigenvalue weighted by Gasteiger charge is -2.35. The zero-order chi connectivity index (χ0) is 21.8. The molecule has 2 aromatic carbocycles. The average molecular weight is 419 g/mol. The number of nitrogens with one attached hydrogen (secondary N) is 1. The van der Waals surface area contributed by atoms with Crippen molar-refractivity contribution in [3.05, 3.63) is 71.5 Å². The molecule has 6 heteroatoms. The molecule has 4 rings (SSSR count). The molecule has 0 radical (unpaired) electrons. The lowest BCUT2D eigenvalue weighted by molar-refractivity contribution is -0.121. The van der Waals surface area contributed by atoms with Crippen LogP contribution in [0.3, 0.4) is 0 Å². The van der Waals surface area contributed by atoms with Crippen LogP contribution in [0.5, 0.6) is 5.75 Å². The van der Waals surface area contributed by atoms with E-state index in [1.54, 1.807) is 7.11 Å². The predicted octanol–water partition coefficient (Wildman–Crippen LogP) is 3.83. The first-order valence-electron chi connectivity index (χ1n) is 10.8. The van der Waals surface area contributed by atoms with Crippen LogP contribution < -0.4 is 15.0 Å². The third-order valence-electron chi connectivity index (χ3n) is 5.99. The SMILES string of the molecule is COc1ccccc1N1CCCC(NC(=O)Cc2c(C)nn(-c3ccccc3)c2C)C1. The number of carbonyl (C=O) groups is 1. The number of aromatic nitrogens is 2. The minimum Gasteiger partial charge on any atom is -0.495 e. The van der Waals surface area contributed by atoms with Crippen molar-refractivity contribution in [3.63, 3.8) is 0 Å². The Kier molecular flexibility index (Phi) is 6.26. The van der Waals surface area contributed by atoms with Crippen molar-refractivity contribution in [2.45, 2.75) is 39.2 Å². The van der Waals surface area contributed by atoms with Crippen LogP contribution in [0.2, 0.25) is 0 Å². The molecular formula is C25H30N4O2. The van der Waals surface area contributed by atoms with Crippen molar-refractivity contribution in [1.29, 1.82) is 0 Å². The van der Waals surface area contributed by atoms with Crippen molar-refractivity contribution < 1.29 is 9.53 Å². The Morgan fingerprint density at radius 3 is 2.65 bits per heavy atom. The minimum atomic E-state index is 0.0469. The number of piperidine rings is 1. The Balaban J connectivity index is 1.43. The molecule has 0 saturated carbocycles. The molecule has 1 aromatic heterocycles. The van der Waals surface area contributed by atoms with Crippen molar-refractivity contribution in [3.8, 4) is 11.4 Å². The van der Waals surface area contributed by atoms with Crippen molar-refractivity contribution >= 4 is 11.6 Å². The maximum Gasteiger partial charge on any atom is 0.224 e. The molecule has 1 fully saturated rings. The van der Waals surface area contributed by atoms with E-state index in [0.717, 1.165) is 60.0 Å². The number of anilines is 1. The number of nitrogens with zero attached hydrogens (tertiary/aromatic N) is 3. The van der Waals surface area contributed by atoms with Crippen LogP contribution in [0.15, 0.2) is 54.6 Å². The van der Waals surface area contributed by atoms with Crippen LogP contribution in [-0.2, 0) is 11.2 Å². The summed E-state index contributed by atoms with van der Waals surface area (Å²) in [6.07, 6.45) is 2.36. The summed E-state index contributed by atoms with van der Waals surface area (Å²) in [5.74, 6) is 0.916. The fourth-order valence-electron chi connectivity index (χ4n) is 4.40. The Bertz CT molecular complexity index is 1040. The summed E-state index contributed by atoms with van der Waals surface area (Å²) >= 11 is 0. The summed E-state index contributed by atoms with van der Waals surface area (Å²) in [4.78, 5) is 15.2. The van der Waals surface area contributed by atoms with Gasteiger partial charge in [-0.05, 0) is 51.0 Å². The molecule has 0 spiro atoms. The molecule has 31 heavy (non-hydrogen) atoms. The Labute approximate surface area is 183 Å². The van der Waals surface area contributed by atoms with Gasteiger partial charge in [0.05, 0.1) is 30.6 Å². The van der Waals surface area contributed by atoms with Crippen LogP contribution in [0, 0.1) is 13.8 Å². The molecule has 1 aliphatic heterocycles. The maximum atomic E-state index is 12.9. The van der Waals surface area contributed by atoms with E-state index in [1.807, 2.05) is 67.1 Å². The number of methoxy groups -OCH3 is 1. The normalized spacial score (nSPS) is 16.2. The molecule has 1 amide bonds. The van der Waals surface area contributed by atoms with E-state index in [1.165, 1.54) is 0 Å². The second-order valence-electron chi connectivity index (χ2n) is 8.10. The van der Waals surface area contributed by atoms with Gasteiger partial charge in [0.2, 0.25) is 5.91 Å². The van der Waals surface area contributed by atoms with Crippen LogP contribution in [0.25, 0.3) is 5.69 Å². The number of para-hydroxylation sites is 3. The summed E-state index contributed by atoms with van der Waals surface area (Å²) in [6, 6.07) is 18.2.